The van der Waals surface area contributed by atoms with Crippen LogP contribution < -0.4 is 5.32 Å². The number of sulfonamides is 1. The highest BCUT2D eigenvalue weighted by Crippen LogP contribution is 2.10. The lowest BCUT2D eigenvalue weighted by Gasteiger charge is -2.19. The maximum Gasteiger partial charge on any atom is 0.225 e. The topological polar surface area (TPSA) is 79.4 Å². The molecule has 1 aromatic heterocycles. The van der Waals surface area contributed by atoms with Crippen LogP contribution in [0.25, 0.3) is 0 Å². The van der Waals surface area contributed by atoms with Gasteiger partial charge >= 0.3 is 0 Å². The van der Waals surface area contributed by atoms with Crippen LogP contribution in [0.5, 0.6) is 0 Å². The number of nitrogens with one attached hydrogen (secondary N) is 1. The lowest BCUT2D eigenvalue weighted by atomic mass is 10.2. The summed E-state index contributed by atoms with van der Waals surface area (Å²) in [6, 6.07) is 12.6. The number of amides is 1. The second-order valence-corrected chi connectivity index (χ2v) is 7.10. The van der Waals surface area contributed by atoms with Crippen molar-refractivity contribution in [3.63, 3.8) is 0 Å². The summed E-state index contributed by atoms with van der Waals surface area (Å²) in [5, 5.41) is 2.74. The van der Waals surface area contributed by atoms with E-state index in [-0.39, 0.29) is 25.4 Å². The number of para-hydroxylation sites is 1. The van der Waals surface area contributed by atoms with E-state index in [0.717, 1.165) is 11.8 Å². The van der Waals surface area contributed by atoms with E-state index in [1.165, 1.54) is 4.31 Å². The van der Waals surface area contributed by atoms with Gasteiger partial charge in [0.1, 0.15) is 0 Å². The molecule has 0 unspecified atom stereocenters. The van der Waals surface area contributed by atoms with E-state index in [1.54, 1.807) is 36.7 Å². The molecule has 1 aromatic carbocycles. The van der Waals surface area contributed by atoms with Gasteiger partial charge in [0.15, 0.2) is 0 Å². The number of hydrogen-bond donors (Lipinski definition) is 1. The first-order valence-electron chi connectivity index (χ1n) is 7.14. The Morgan fingerprint density at radius 3 is 2.39 bits per heavy atom. The third-order valence-electron chi connectivity index (χ3n) is 3.22. The SMILES string of the molecule is CS(=O)(=O)N(CCC(=O)Nc1ccccc1)Cc1ccncc1. The highest BCUT2D eigenvalue weighted by atomic mass is 32.2. The van der Waals surface area contributed by atoms with Crippen molar-refractivity contribution in [1.29, 1.82) is 0 Å². The molecule has 1 N–H and O–H groups in total. The number of rotatable bonds is 7. The third-order valence-corrected chi connectivity index (χ3v) is 4.47. The van der Waals surface area contributed by atoms with Gasteiger partial charge < -0.3 is 5.32 Å². The first-order valence-corrected chi connectivity index (χ1v) is 8.99. The Hall–Kier alpha value is -2.25. The van der Waals surface area contributed by atoms with E-state index >= 15 is 0 Å². The molecular formula is C16H19N3O3S. The zero-order valence-corrected chi connectivity index (χ0v) is 13.7. The number of aromatic nitrogens is 1. The molecule has 122 valence electrons. The van der Waals surface area contributed by atoms with Crippen LogP contribution in [0.15, 0.2) is 54.9 Å². The Morgan fingerprint density at radius 2 is 1.78 bits per heavy atom. The van der Waals surface area contributed by atoms with E-state index in [0.29, 0.717) is 5.69 Å². The summed E-state index contributed by atoms with van der Waals surface area (Å²) in [4.78, 5) is 15.9. The van der Waals surface area contributed by atoms with Gasteiger partial charge in [0.25, 0.3) is 0 Å². The summed E-state index contributed by atoms with van der Waals surface area (Å²) in [6.45, 7) is 0.347. The van der Waals surface area contributed by atoms with E-state index in [9.17, 15) is 13.2 Å². The molecule has 0 atom stereocenters. The number of hydrogen-bond acceptors (Lipinski definition) is 4. The van der Waals surface area contributed by atoms with Crippen LogP contribution in [0.3, 0.4) is 0 Å². The van der Waals surface area contributed by atoms with E-state index < -0.39 is 10.0 Å². The summed E-state index contributed by atoms with van der Waals surface area (Å²) in [5.74, 6) is -0.223. The average Bonchev–Trinajstić information content (AvgIpc) is 2.52. The van der Waals surface area contributed by atoms with Crippen molar-refractivity contribution >= 4 is 21.6 Å². The maximum absolute atomic E-state index is 12.0. The molecule has 0 fully saturated rings. The van der Waals surface area contributed by atoms with Crippen LogP contribution in [0.4, 0.5) is 5.69 Å². The number of nitrogens with zero attached hydrogens (tertiary/aromatic N) is 2. The molecule has 1 heterocycles. The lowest BCUT2D eigenvalue weighted by molar-refractivity contribution is -0.116. The molecule has 0 aliphatic heterocycles. The van der Waals surface area contributed by atoms with E-state index in [1.807, 2.05) is 18.2 Å². The van der Waals surface area contributed by atoms with Crippen LogP contribution in [0.2, 0.25) is 0 Å². The molecule has 6 nitrogen and oxygen atoms in total. The summed E-state index contributed by atoms with van der Waals surface area (Å²) < 4.78 is 25.1. The number of carbonyl (C=O) groups excluding carboxylic acids is 1. The molecule has 2 aromatic rings. The maximum atomic E-state index is 12.0. The van der Waals surface area contributed by atoms with Crippen molar-refractivity contribution in [3.05, 3.63) is 60.4 Å². The van der Waals surface area contributed by atoms with Crippen LogP contribution in [0.1, 0.15) is 12.0 Å². The second-order valence-electron chi connectivity index (χ2n) is 5.12. The molecule has 0 bridgehead atoms. The van der Waals surface area contributed by atoms with E-state index in [2.05, 4.69) is 10.3 Å². The monoisotopic (exact) mass is 333 g/mol. The molecule has 0 aliphatic rings. The van der Waals surface area contributed by atoms with Crippen LogP contribution >= 0.6 is 0 Å². The average molecular weight is 333 g/mol. The molecule has 2 rings (SSSR count). The number of pyridine rings is 1. The smallest absolute Gasteiger partial charge is 0.225 e. The van der Waals surface area contributed by atoms with Gasteiger partial charge in [-0.05, 0) is 29.8 Å². The Labute approximate surface area is 136 Å². The first kappa shape index (κ1) is 17.1. The van der Waals surface area contributed by atoms with Crippen molar-refractivity contribution in [2.75, 3.05) is 18.1 Å². The predicted molar refractivity (Wildman–Crippen MR) is 89.2 cm³/mol. The first-order chi connectivity index (χ1) is 10.9. The molecular weight excluding hydrogens is 314 g/mol. The molecule has 0 spiro atoms. The molecule has 23 heavy (non-hydrogen) atoms. The third kappa shape index (κ3) is 5.80. The predicted octanol–water partition coefficient (Wildman–Crippen LogP) is 1.87. The van der Waals surface area contributed by atoms with Gasteiger partial charge in [-0.2, -0.15) is 4.31 Å². The molecule has 0 saturated heterocycles. The minimum absolute atomic E-state index is 0.0903. The summed E-state index contributed by atoms with van der Waals surface area (Å²) in [5.41, 5.74) is 1.52. The molecule has 1 amide bonds. The standard InChI is InChI=1S/C16H19N3O3S/c1-23(21,22)19(13-14-7-10-17-11-8-14)12-9-16(20)18-15-5-3-2-4-6-15/h2-8,10-11H,9,12-13H2,1H3,(H,18,20). The lowest BCUT2D eigenvalue weighted by Crippen LogP contribution is -2.32. The van der Waals surface area contributed by atoms with Crippen LogP contribution in [-0.4, -0.2) is 36.4 Å². The molecule has 7 heteroatoms. The summed E-state index contributed by atoms with van der Waals surface area (Å²) in [7, 11) is -3.40. The number of anilines is 1. The van der Waals surface area contributed by atoms with Crippen molar-refractivity contribution in [1.82, 2.24) is 9.29 Å². The van der Waals surface area contributed by atoms with Crippen molar-refractivity contribution < 1.29 is 13.2 Å². The minimum Gasteiger partial charge on any atom is -0.326 e. The van der Waals surface area contributed by atoms with Gasteiger partial charge in [-0.15, -0.1) is 0 Å². The van der Waals surface area contributed by atoms with Crippen LogP contribution in [-0.2, 0) is 21.4 Å². The van der Waals surface area contributed by atoms with E-state index in [4.69, 9.17) is 0 Å². The molecule has 0 saturated carbocycles. The Kier molecular flexibility index (Phi) is 5.84. The second kappa shape index (κ2) is 7.85. The fourth-order valence-corrected chi connectivity index (χ4v) is 2.83. The van der Waals surface area contributed by atoms with Gasteiger partial charge in [-0.1, -0.05) is 18.2 Å². The zero-order valence-electron chi connectivity index (χ0n) is 12.8. The van der Waals surface area contributed by atoms with Crippen molar-refractivity contribution in [3.8, 4) is 0 Å². The Bertz CT molecular complexity index is 734. The normalized spacial score (nSPS) is 11.4. The fraction of sp³-hybridized carbons (Fsp3) is 0.250. The van der Waals surface area contributed by atoms with Crippen molar-refractivity contribution in [2.24, 2.45) is 0 Å². The summed E-state index contributed by atoms with van der Waals surface area (Å²) >= 11 is 0. The summed E-state index contributed by atoms with van der Waals surface area (Å²) in [6.07, 6.45) is 4.45. The van der Waals surface area contributed by atoms with Gasteiger partial charge in [-0.3, -0.25) is 9.78 Å². The Balaban J connectivity index is 1.95. The van der Waals surface area contributed by atoms with Gasteiger partial charge in [0.05, 0.1) is 6.26 Å². The fourth-order valence-electron chi connectivity index (χ4n) is 2.03. The highest BCUT2D eigenvalue weighted by Gasteiger charge is 2.18. The van der Waals surface area contributed by atoms with Gasteiger partial charge in [0.2, 0.25) is 15.9 Å². The number of carbonyl (C=O) groups is 1. The minimum atomic E-state index is -3.40. The van der Waals surface area contributed by atoms with Gasteiger partial charge in [-0.25, -0.2) is 8.42 Å². The van der Waals surface area contributed by atoms with Crippen LogP contribution in [0, 0.1) is 0 Å². The Morgan fingerprint density at radius 1 is 1.13 bits per heavy atom. The quantitative estimate of drug-likeness (QED) is 0.839. The number of benzene rings is 1. The largest absolute Gasteiger partial charge is 0.326 e. The molecule has 0 aliphatic carbocycles. The molecule has 0 radical (unpaired) electrons. The highest BCUT2D eigenvalue weighted by molar-refractivity contribution is 7.88. The van der Waals surface area contributed by atoms with Gasteiger partial charge in [0, 0.05) is 37.6 Å². The zero-order chi connectivity index (χ0) is 16.7. The van der Waals surface area contributed by atoms with Crippen molar-refractivity contribution in [2.45, 2.75) is 13.0 Å².